The molecule has 0 spiro atoms. The van der Waals surface area contributed by atoms with E-state index in [4.69, 9.17) is 21.7 Å². The van der Waals surface area contributed by atoms with Crippen LogP contribution in [0.15, 0.2) is 53.1 Å². The van der Waals surface area contributed by atoms with Crippen LogP contribution < -0.4 is 4.90 Å². The van der Waals surface area contributed by atoms with Crippen molar-refractivity contribution in [3.8, 4) is 0 Å². The van der Waals surface area contributed by atoms with Gasteiger partial charge in [0, 0.05) is 51.4 Å². The molecule has 2 amide bonds. The maximum Gasteiger partial charge on any atom is 0.241 e. The van der Waals surface area contributed by atoms with Crippen molar-refractivity contribution >= 4 is 40.7 Å². The topological polar surface area (TPSA) is 87.6 Å². The van der Waals surface area contributed by atoms with Crippen molar-refractivity contribution in [2.75, 3.05) is 44.4 Å². The number of nitrogens with zero attached hydrogens (tertiary/aromatic N) is 5. The van der Waals surface area contributed by atoms with Crippen LogP contribution in [-0.4, -0.2) is 76.9 Å². The van der Waals surface area contributed by atoms with Gasteiger partial charge in [0.25, 0.3) is 0 Å². The third-order valence-electron chi connectivity index (χ3n) is 5.95. The number of rotatable bonds is 5. The Morgan fingerprint density at radius 2 is 1.97 bits per heavy atom. The highest BCUT2D eigenvalue weighted by Crippen LogP contribution is 2.31. The molecule has 9 nitrogen and oxygen atoms in total. The van der Waals surface area contributed by atoms with E-state index in [9.17, 15) is 9.59 Å². The van der Waals surface area contributed by atoms with Crippen molar-refractivity contribution in [3.05, 3.63) is 48.1 Å². The number of aliphatic imine (C=N–C) groups is 1. The number of carbonyl (C=O) groups is 2. The first-order chi connectivity index (χ1) is 15.6. The third-order valence-corrected chi connectivity index (χ3v) is 6.26. The molecule has 4 aliphatic rings. The number of carbonyl (C=O) groups excluding carboxylic acids is 2. The summed E-state index contributed by atoms with van der Waals surface area (Å²) in [4.78, 5) is 40.0. The van der Waals surface area contributed by atoms with Crippen molar-refractivity contribution in [2.24, 2.45) is 10.9 Å². The summed E-state index contributed by atoms with van der Waals surface area (Å²) in [7, 11) is 0. The van der Waals surface area contributed by atoms with E-state index in [2.05, 4.69) is 14.9 Å². The number of hydrogen-bond donors (Lipinski definition) is 0. The van der Waals surface area contributed by atoms with Crippen molar-refractivity contribution in [2.45, 2.75) is 12.8 Å². The largest absolute Gasteiger partial charge is 0.454 e. The molecule has 1 atom stereocenters. The Kier molecular flexibility index (Phi) is 5.60. The number of aromatic nitrogens is 1. The van der Waals surface area contributed by atoms with E-state index >= 15 is 0 Å². The number of hydrogen-bond acceptors (Lipinski definition) is 7. The Labute approximate surface area is 191 Å². The van der Waals surface area contributed by atoms with E-state index in [1.165, 1.54) is 4.90 Å². The smallest absolute Gasteiger partial charge is 0.241 e. The minimum Gasteiger partial charge on any atom is -0.454 e. The van der Waals surface area contributed by atoms with Crippen molar-refractivity contribution in [1.82, 2.24) is 14.8 Å². The summed E-state index contributed by atoms with van der Waals surface area (Å²) in [6.07, 6.45) is 6.10. The Morgan fingerprint density at radius 1 is 1.16 bits per heavy atom. The van der Waals surface area contributed by atoms with Crippen molar-refractivity contribution in [1.29, 1.82) is 0 Å². The standard InChI is InChI=1S/C22H23N5O4S/c28-20(26-10-8-25(9-11-26)19-4-1-2-6-23-19)5-3-7-27-21(29)15-12-17-18(31-14-30-17)13-16(15)24-22(27)32/h1-2,4,6,12-13,15H,3,5,7-11,14H2. The van der Waals surface area contributed by atoms with E-state index in [1.54, 1.807) is 18.3 Å². The van der Waals surface area contributed by atoms with Crippen LogP contribution in [0, 0.1) is 5.92 Å². The maximum atomic E-state index is 13.0. The van der Waals surface area contributed by atoms with Gasteiger partial charge in [0.05, 0.1) is 5.71 Å². The number of pyridine rings is 1. The molecule has 3 aliphatic heterocycles. The molecule has 0 radical (unpaired) electrons. The van der Waals surface area contributed by atoms with Gasteiger partial charge in [-0.2, -0.15) is 0 Å². The molecule has 10 heteroatoms. The summed E-state index contributed by atoms with van der Waals surface area (Å²) in [5.74, 6) is 1.50. The second-order valence-electron chi connectivity index (χ2n) is 7.89. The summed E-state index contributed by atoms with van der Waals surface area (Å²) in [5.41, 5.74) is 0.572. The van der Waals surface area contributed by atoms with Crippen LogP contribution in [0.5, 0.6) is 0 Å². The number of piperazine rings is 1. The average molecular weight is 454 g/mol. The third kappa shape index (κ3) is 3.97. The van der Waals surface area contributed by atoms with Gasteiger partial charge in [-0.25, -0.2) is 9.98 Å². The van der Waals surface area contributed by atoms with Crippen LogP contribution in [-0.2, 0) is 19.1 Å². The van der Waals surface area contributed by atoms with Crippen LogP contribution in [0.1, 0.15) is 12.8 Å². The fraction of sp³-hybridized carbons (Fsp3) is 0.409. The summed E-state index contributed by atoms with van der Waals surface area (Å²) in [5, 5.41) is 0.227. The van der Waals surface area contributed by atoms with Crippen LogP contribution in [0.25, 0.3) is 0 Å². The molecule has 2 fully saturated rings. The Morgan fingerprint density at radius 3 is 2.75 bits per heavy atom. The fourth-order valence-electron chi connectivity index (χ4n) is 4.21. The Balaban J connectivity index is 1.13. The van der Waals surface area contributed by atoms with Crippen LogP contribution in [0.2, 0.25) is 0 Å². The zero-order valence-corrected chi connectivity index (χ0v) is 18.3. The zero-order valence-electron chi connectivity index (χ0n) is 17.5. The predicted octanol–water partition coefficient (Wildman–Crippen LogP) is 1.48. The van der Waals surface area contributed by atoms with E-state index in [-0.39, 0.29) is 23.7 Å². The van der Waals surface area contributed by atoms with Crippen molar-refractivity contribution < 1.29 is 19.1 Å². The van der Waals surface area contributed by atoms with Gasteiger partial charge >= 0.3 is 0 Å². The van der Waals surface area contributed by atoms with Crippen LogP contribution in [0.4, 0.5) is 5.82 Å². The lowest BCUT2D eigenvalue weighted by Crippen LogP contribution is -2.49. The van der Waals surface area contributed by atoms with E-state index in [1.807, 2.05) is 23.1 Å². The van der Waals surface area contributed by atoms with Crippen LogP contribution >= 0.6 is 12.2 Å². The summed E-state index contributed by atoms with van der Waals surface area (Å²) >= 11 is 5.34. The molecule has 0 bridgehead atoms. The first-order valence-electron chi connectivity index (χ1n) is 10.7. The number of amides is 2. The summed E-state index contributed by atoms with van der Waals surface area (Å²) < 4.78 is 10.7. The number of ether oxygens (including phenoxy) is 2. The molecule has 0 saturated carbocycles. The quantitative estimate of drug-likeness (QED) is 0.624. The lowest BCUT2D eigenvalue weighted by atomic mass is 9.94. The molecule has 1 aromatic heterocycles. The molecule has 1 unspecified atom stereocenters. The molecule has 1 aromatic rings. The molecular formula is C22H23N5O4S. The molecule has 4 heterocycles. The second-order valence-corrected chi connectivity index (χ2v) is 8.26. The van der Waals surface area contributed by atoms with Gasteiger partial charge in [-0.15, -0.1) is 0 Å². The average Bonchev–Trinajstić information content (AvgIpc) is 3.28. The summed E-state index contributed by atoms with van der Waals surface area (Å²) in [6, 6.07) is 5.84. The molecule has 0 N–H and O–H groups in total. The number of fused-ring (bicyclic) bond motifs is 2. The lowest BCUT2D eigenvalue weighted by molar-refractivity contribution is -0.132. The van der Waals surface area contributed by atoms with Gasteiger partial charge in [-0.05, 0) is 36.8 Å². The predicted molar refractivity (Wildman–Crippen MR) is 121 cm³/mol. The molecule has 5 rings (SSSR count). The van der Waals surface area contributed by atoms with Gasteiger partial charge in [0.1, 0.15) is 11.7 Å². The molecule has 1 aliphatic carbocycles. The number of allylic oxidation sites excluding steroid dienone is 1. The summed E-state index contributed by atoms with van der Waals surface area (Å²) in [6.45, 7) is 3.34. The molecule has 32 heavy (non-hydrogen) atoms. The second kappa shape index (κ2) is 8.70. The van der Waals surface area contributed by atoms with E-state index in [0.29, 0.717) is 49.7 Å². The number of anilines is 1. The normalized spacial score (nSPS) is 22.3. The SMILES string of the molecule is O=C(CCCN1C(=O)C2C=C3OCOC3=CC2=NC1=S)N1CCN(c2ccccn2)CC1. The fourth-order valence-corrected chi connectivity index (χ4v) is 4.50. The molecule has 0 aromatic carbocycles. The monoisotopic (exact) mass is 453 g/mol. The van der Waals surface area contributed by atoms with Gasteiger partial charge in [0.2, 0.25) is 23.7 Å². The minimum absolute atomic E-state index is 0.0918. The van der Waals surface area contributed by atoms with Gasteiger partial charge in [0.15, 0.2) is 11.5 Å². The van der Waals surface area contributed by atoms with Gasteiger partial charge < -0.3 is 19.3 Å². The van der Waals surface area contributed by atoms with Gasteiger partial charge in [-0.3, -0.25) is 14.5 Å². The first kappa shape index (κ1) is 20.6. The lowest BCUT2D eigenvalue weighted by Gasteiger charge is -2.35. The molecule has 166 valence electrons. The zero-order chi connectivity index (χ0) is 22.1. The van der Waals surface area contributed by atoms with E-state index in [0.717, 1.165) is 18.9 Å². The highest BCUT2D eigenvalue weighted by molar-refractivity contribution is 7.80. The minimum atomic E-state index is -0.530. The highest BCUT2D eigenvalue weighted by Gasteiger charge is 2.38. The highest BCUT2D eigenvalue weighted by atomic mass is 32.1. The van der Waals surface area contributed by atoms with Crippen LogP contribution in [0.3, 0.4) is 0 Å². The van der Waals surface area contributed by atoms with E-state index < -0.39 is 5.92 Å². The first-order valence-corrected chi connectivity index (χ1v) is 11.1. The Bertz CT molecular complexity index is 1030. The maximum absolute atomic E-state index is 13.0. The molecular weight excluding hydrogens is 430 g/mol. The van der Waals surface area contributed by atoms with Gasteiger partial charge in [-0.1, -0.05) is 6.07 Å². The Hall–Kier alpha value is -3.27. The van der Waals surface area contributed by atoms with Crippen molar-refractivity contribution in [3.63, 3.8) is 0 Å². The molecule has 2 saturated heterocycles. The number of thiocarbonyl (C=S) groups is 1.